The molecule has 1 aliphatic carbocycles. The Bertz CT molecular complexity index is 101. The Kier molecular flexibility index (Phi) is 1.75. The molecule has 0 heterocycles. The van der Waals surface area contributed by atoms with Gasteiger partial charge in [0.2, 0.25) is 0 Å². The van der Waals surface area contributed by atoms with Crippen LogP contribution in [0.4, 0.5) is 4.39 Å². The second-order valence-electron chi connectivity index (χ2n) is 3.19. The molecule has 1 N–H and O–H groups in total. The fourth-order valence-electron chi connectivity index (χ4n) is 1.39. The lowest BCUT2D eigenvalue weighted by atomic mass is 9.85. The molecule has 2 heteroatoms. The molecule has 0 unspecified atom stereocenters. The number of hydrogen-bond acceptors (Lipinski definition) is 1. The predicted molar refractivity (Wildman–Crippen MR) is 34.0 cm³/mol. The van der Waals surface area contributed by atoms with Crippen molar-refractivity contribution < 1.29 is 9.50 Å². The molecule has 1 aliphatic rings. The van der Waals surface area contributed by atoms with Gasteiger partial charge in [-0.2, -0.15) is 0 Å². The first kappa shape index (κ1) is 7.00. The summed E-state index contributed by atoms with van der Waals surface area (Å²) in [5.41, 5.74) is -0.725. The molecule has 9 heavy (non-hydrogen) atoms. The van der Waals surface area contributed by atoms with Gasteiger partial charge in [-0.1, -0.05) is 0 Å². The topological polar surface area (TPSA) is 20.2 Å². The average molecular weight is 132 g/mol. The SMILES string of the molecule is C[C@]1(O)CCC[C@@H](F)C1. The summed E-state index contributed by atoms with van der Waals surface area (Å²) in [5, 5.41) is 9.30. The van der Waals surface area contributed by atoms with Crippen LogP contribution in [0.5, 0.6) is 0 Å². The van der Waals surface area contributed by atoms with Crippen molar-refractivity contribution in [1.82, 2.24) is 0 Å². The van der Waals surface area contributed by atoms with E-state index >= 15 is 0 Å². The Labute approximate surface area is 54.9 Å². The van der Waals surface area contributed by atoms with Crippen LogP contribution in [0.25, 0.3) is 0 Å². The lowest BCUT2D eigenvalue weighted by Crippen LogP contribution is -2.32. The van der Waals surface area contributed by atoms with E-state index in [4.69, 9.17) is 0 Å². The van der Waals surface area contributed by atoms with Crippen molar-refractivity contribution in [3.05, 3.63) is 0 Å². The van der Waals surface area contributed by atoms with Crippen molar-refractivity contribution in [1.29, 1.82) is 0 Å². The molecule has 0 radical (unpaired) electrons. The van der Waals surface area contributed by atoms with Crippen molar-refractivity contribution in [2.75, 3.05) is 0 Å². The second kappa shape index (κ2) is 2.25. The average Bonchev–Trinajstić information content (AvgIpc) is 1.60. The van der Waals surface area contributed by atoms with Gasteiger partial charge in [-0.15, -0.1) is 0 Å². The van der Waals surface area contributed by atoms with Gasteiger partial charge in [-0.25, -0.2) is 4.39 Å². The fraction of sp³-hybridized carbons (Fsp3) is 1.00. The van der Waals surface area contributed by atoms with Crippen molar-refractivity contribution in [2.24, 2.45) is 0 Å². The lowest BCUT2D eigenvalue weighted by molar-refractivity contribution is -0.00713. The van der Waals surface area contributed by atoms with Gasteiger partial charge >= 0.3 is 0 Å². The quantitative estimate of drug-likeness (QED) is 0.531. The summed E-state index contributed by atoms with van der Waals surface area (Å²) < 4.78 is 12.5. The Morgan fingerprint density at radius 3 is 2.67 bits per heavy atom. The lowest BCUT2D eigenvalue weighted by Gasteiger charge is -2.29. The molecule has 2 atom stereocenters. The highest BCUT2D eigenvalue weighted by Gasteiger charge is 2.29. The minimum absolute atomic E-state index is 0.326. The van der Waals surface area contributed by atoms with E-state index in [1.807, 2.05) is 0 Å². The van der Waals surface area contributed by atoms with Gasteiger partial charge in [0.1, 0.15) is 6.17 Å². The number of alkyl halides is 1. The molecule has 1 fully saturated rings. The van der Waals surface area contributed by atoms with Crippen molar-refractivity contribution in [3.8, 4) is 0 Å². The molecule has 1 saturated carbocycles. The van der Waals surface area contributed by atoms with E-state index in [9.17, 15) is 9.50 Å². The van der Waals surface area contributed by atoms with Crippen molar-refractivity contribution >= 4 is 0 Å². The predicted octanol–water partition coefficient (Wildman–Crippen LogP) is 1.65. The Morgan fingerprint density at radius 2 is 2.33 bits per heavy atom. The van der Waals surface area contributed by atoms with E-state index in [0.717, 1.165) is 12.8 Å². The van der Waals surface area contributed by atoms with Gasteiger partial charge < -0.3 is 5.11 Å². The Hall–Kier alpha value is -0.110. The monoisotopic (exact) mass is 132 g/mol. The van der Waals surface area contributed by atoms with Gasteiger partial charge in [-0.05, 0) is 26.2 Å². The summed E-state index contributed by atoms with van der Waals surface area (Å²) in [7, 11) is 0. The van der Waals surface area contributed by atoms with Gasteiger partial charge in [0, 0.05) is 6.42 Å². The van der Waals surface area contributed by atoms with E-state index in [1.54, 1.807) is 6.92 Å². The molecule has 54 valence electrons. The highest BCUT2D eigenvalue weighted by molar-refractivity contribution is 4.81. The van der Waals surface area contributed by atoms with E-state index in [-0.39, 0.29) is 0 Å². The van der Waals surface area contributed by atoms with Crippen LogP contribution in [0.1, 0.15) is 32.6 Å². The number of aliphatic hydroxyl groups is 1. The fourth-order valence-corrected chi connectivity index (χ4v) is 1.39. The zero-order chi connectivity index (χ0) is 6.91. The summed E-state index contributed by atoms with van der Waals surface area (Å²) in [6.45, 7) is 1.71. The largest absolute Gasteiger partial charge is 0.390 e. The highest BCUT2D eigenvalue weighted by Crippen LogP contribution is 2.29. The van der Waals surface area contributed by atoms with Gasteiger partial charge in [0.05, 0.1) is 5.60 Å². The Morgan fingerprint density at radius 1 is 1.67 bits per heavy atom. The molecule has 0 saturated heterocycles. The zero-order valence-electron chi connectivity index (χ0n) is 5.73. The third-order valence-corrected chi connectivity index (χ3v) is 1.89. The highest BCUT2D eigenvalue weighted by atomic mass is 19.1. The van der Waals surface area contributed by atoms with Gasteiger partial charge in [0.15, 0.2) is 0 Å². The summed E-state index contributed by atoms with van der Waals surface area (Å²) in [5.74, 6) is 0. The maximum Gasteiger partial charge on any atom is 0.103 e. The molecule has 0 aromatic carbocycles. The van der Waals surface area contributed by atoms with E-state index in [0.29, 0.717) is 12.8 Å². The zero-order valence-corrected chi connectivity index (χ0v) is 5.73. The van der Waals surface area contributed by atoms with Crippen LogP contribution in [-0.4, -0.2) is 16.9 Å². The van der Waals surface area contributed by atoms with Crippen molar-refractivity contribution in [3.63, 3.8) is 0 Å². The summed E-state index contributed by atoms with van der Waals surface area (Å²) >= 11 is 0. The molecule has 1 rings (SSSR count). The molecule has 0 bridgehead atoms. The summed E-state index contributed by atoms with van der Waals surface area (Å²) in [6, 6.07) is 0. The van der Waals surface area contributed by atoms with E-state index in [2.05, 4.69) is 0 Å². The van der Waals surface area contributed by atoms with Crippen LogP contribution in [0.15, 0.2) is 0 Å². The molecule has 0 amide bonds. The maximum atomic E-state index is 12.5. The first-order valence-corrected chi connectivity index (χ1v) is 3.47. The van der Waals surface area contributed by atoms with E-state index in [1.165, 1.54) is 0 Å². The molecule has 0 aliphatic heterocycles. The van der Waals surface area contributed by atoms with Crippen LogP contribution >= 0.6 is 0 Å². The van der Waals surface area contributed by atoms with E-state index < -0.39 is 11.8 Å². The molecule has 1 nitrogen and oxygen atoms in total. The van der Waals surface area contributed by atoms with Crippen LogP contribution in [-0.2, 0) is 0 Å². The Balaban J connectivity index is 2.41. The third kappa shape index (κ3) is 1.94. The van der Waals surface area contributed by atoms with Gasteiger partial charge in [0.25, 0.3) is 0 Å². The number of rotatable bonds is 0. The standard InChI is InChI=1S/C7H13FO/c1-7(9)4-2-3-6(8)5-7/h6,9H,2-5H2,1H3/t6-,7+/m1/s1. The summed E-state index contributed by atoms with van der Waals surface area (Å²) in [4.78, 5) is 0. The number of hydrogen-bond donors (Lipinski definition) is 1. The van der Waals surface area contributed by atoms with Crippen LogP contribution in [0.2, 0.25) is 0 Å². The first-order valence-electron chi connectivity index (χ1n) is 3.47. The smallest absolute Gasteiger partial charge is 0.103 e. The number of halogens is 1. The third-order valence-electron chi connectivity index (χ3n) is 1.89. The molecular formula is C7H13FO. The second-order valence-corrected chi connectivity index (χ2v) is 3.19. The normalized spacial score (nSPS) is 45.0. The van der Waals surface area contributed by atoms with Crippen LogP contribution in [0.3, 0.4) is 0 Å². The molecule has 0 aromatic rings. The van der Waals surface area contributed by atoms with Crippen molar-refractivity contribution in [2.45, 2.75) is 44.4 Å². The molecule has 0 aromatic heterocycles. The maximum absolute atomic E-state index is 12.5. The molecular weight excluding hydrogens is 119 g/mol. The van der Waals surface area contributed by atoms with Gasteiger partial charge in [-0.3, -0.25) is 0 Å². The first-order chi connectivity index (χ1) is 4.10. The van der Waals surface area contributed by atoms with Crippen LogP contribution < -0.4 is 0 Å². The minimum atomic E-state index is -0.770. The summed E-state index contributed by atoms with van der Waals surface area (Å²) in [6.07, 6.45) is 1.78. The minimum Gasteiger partial charge on any atom is -0.390 e. The molecule has 0 spiro atoms. The van der Waals surface area contributed by atoms with Crippen LogP contribution in [0, 0.1) is 0 Å².